The summed E-state index contributed by atoms with van der Waals surface area (Å²) in [5.74, 6) is 0.894. The van der Waals surface area contributed by atoms with Crippen LogP contribution in [0.15, 0.2) is 30.9 Å². The largest absolute Gasteiger partial charge is 0.493 e. The number of benzene rings is 1. The Hall–Kier alpha value is -1.85. The van der Waals surface area contributed by atoms with E-state index in [9.17, 15) is 5.11 Å². The summed E-state index contributed by atoms with van der Waals surface area (Å²) in [6.45, 7) is 0. The molecule has 1 atom stereocenters. The topological polar surface area (TPSA) is 64.5 Å². The van der Waals surface area contributed by atoms with Crippen LogP contribution in [-0.4, -0.2) is 29.3 Å². The summed E-state index contributed by atoms with van der Waals surface area (Å²) >= 11 is 6.10. The molecule has 0 saturated heterocycles. The molecule has 0 bridgehead atoms. The molecule has 0 spiro atoms. The maximum absolute atomic E-state index is 10.3. The van der Waals surface area contributed by atoms with E-state index in [1.54, 1.807) is 24.5 Å². The van der Waals surface area contributed by atoms with E-state index in [0.29, 0.717) is 27.6 Å². The quantitative estimate of drug-likeness (QED) is 0.930. The SMILES string of the molecule is COc1cc(C(O)c2cncnc2)cc(Cl)c1OC. The summed E-state index contributed by atoms with van der Waals surface area (Å²) < 4.78 is 10.3. The number of hydrogen-bond donors (Lipinski definition) is 1. The van der Waals surface area contributed by atoms with Crippen LogP contribution in [-0.2, 0) is 0 Å². The van der Waals surface area contributed by atoms with Crippen molar-refractivity contribution in [3.63, 3.8) is 0 Å². The van der Waals surface area contributed by atoms with Crippen LogP contribution in [0.2, 0.25) is 5.02 Å². The van der Waals surface area contributed by atoms with Gasteiger partial charge in [-0.1, -0.05) is 11.6 Å². The average Bonchev–Trinajstić information content (AvgIpc) is 2.46. The molecule has 2 aromatic rings. The van der Waals surface area contributed by atoms with Gasteiger partial charge < -0.3 is 14.6 Å². The van der Waals surface area contributed by atoms with Crippen molar-refractivity contribution in [2.75, 3.05) is 14.2 Å². The molecule has 1 heterocycles. The second-order valence-electron chi connectivity index (χ2n) is 3.81. The van der Waals surface area contributed by atoms with Gasteiger partial charge in [0.2, 0.25) is 0 Å². The Bertz CT molecular complexity index is 563. The molecule has 19 heavy (non-hydrogen) atoms. The molecule has 1 unspecified atom stereocenters. The number of methoxy groups -OCH3 is 2. The number of aliphatic hydroxyl groups is 1. The molecule has 0 aliphatic carbocycles. The third kappa shape index (κ3) is 2.77. The van der Waals surface area contributed by atoms with Crippen LogP contribution in [0.5, 0.6) is 11.5 Å². The van der Waals surface area contributed by atoms with Crippen LogP contribution < -0.4 is 9.47 Å². The fraction of sp³-hybridized carbons (Fsp3) is 0.231. The van der Waals surface area contributed by atoms with E-state index in [-0.39, 0.29) is 0 Å². The molecule has 6 heteroatoms. The Morgan fingerprint density at radius 1 is 1.11 bits per heavy atom. The van der Waals surface area contributed by atoms with E-state index in [2.05, 4.69) is 9.97 Å². The predicted octanol–water partition coefficient (Wildman–Crippen LogP) is 2.23. The van der Waals surface area contributed by atoms with Gasteiger partial charge in [0, 0.05) is 18.0 Å². The molecular formula is C13H13ClN2O3. The summed E-state index contributed by atoms with van der Waals surface area (Å²) in [7, 11) is 3.01. The number of rotatable bonds is 4. The number of aromatic nitrogens is 2. The highest BCUT2D eigenvalue weighted by atomic mass is 35.5. The zero-order valence-electron chi connectivity index (χ0n) is 10.5. The Balaban J connectivity index is 2.43. The highest BCUT2D eigenvalue weighted by Crippen LogP contribution is 2.38. The van der Waals surface area contributed by atoms with Crippen molar-refractivity contribution in [3.8, 4) is 11.5 Å². The molecule has 100 valence electrons. The monoisotopic (exact) mass is 280 g/mol. The normalized spacial score (nSPS) is 12.0. The van der Waals surface area contributed by atoms with Crippen molar-refractivity contribution in [2.24, 2.45) is 0 Å². The second kappa shape index (κ2) is 5.86. The first-order valence-electron chi connectivity index (χ1n) is 5.51. The summed E-state index contributed by atoms with van der Waals surface area (Å²) in [6.07, 6.45) is 3.61. The average molecular weight is 281 g/mol. The highest BCUT2D eigenvalue weighted by molar-refractivity contribution is 6.32. The van der Waals surface area contributed by atoms with Gasteiger partial charge >= 0.3 is 0 Å². The zero-order valence-corrected chi connectivity index (χ0v) is 11.3. The molecule has 0 saturated carbocycles. The maximum atomic E-state index is 10.3. The van der Waals surface area contributed by atoms with E-state index in [0.717, 1.165) is 0 Å². The molecule has 0 fully saturated rings. The van der Waals surface area contributed by atoms with E-state index in [1.807, 2.05) is 0 Å². The zero-order chi connectivity index (χ0) is 13.8. The van der Waals surface area contributed by atoms with E-state index in [1.165, 1.54) is 20.5 Å². The van der Waals surface area contributed by atoms with Crippen molar-refractivity contribution in [2.45, 2.75) is 6.10 Å². The van der Waals surface area contributed by atoms with Crippen molar-refractivity contribution >= 4 is 11.6 Å². The van der Waals surface area contributed by atoms with Crippen LogP contribution in [0.1, 0.15) is 17.2 Å². The Kier molecular flexibility index (Phi) is 4.19. The van der Waals surface area contributed by atoms with Gasteiger partial charge in [0.15, 0.2) is 11.5 Å². The van der Waals surface area contributed by atoms with Gasteiger partial charge in [-0.3, -0.25) is 0 Å². The maximum Gasteiger partial charge on any atom is 0.179 e. The number of nitrogens with zero attached hydrogens (tertiary/aromatic N) is 2. The lowest BCUT2D eigenvalue weighted by Gasteiger charge is -2.15. The summed E-state index contributed by atoms with van der Waals surface area (Å²) in [5.41, 5.74) is 1.16. The summed E-state index contributed by atoms with van der Waals surface area (Å²) in [4.78, 5) is 7.74. The first-order chi connectivity index (χ1) is 9.17. The first kappa shape index (κ1) is 13.6. The van der Waals surface area contributed by atoms with Crippen molar-refractivity contribution in [3.05, 3.63) is 47.0 Å². The van der Waals surface area contributed by atoms with Gasteiger partial charge in [-0.15, -0.1) is 0 Å². The van der Waals surface area contributed by atoms with Gasteiger partial charge in [0.25, 0.3) is 0 Å². The van der Waals surface area contributed by atoms with E-state index >= 15 is 0 Å². The van der Waals surface area contributed by atoms with Gasteiger partial charge in [-0.25, -0.2) is 9.97 Å². The minimum absolute atomic E-state index is 0.368. The Morgan fingerprint density at radius 3 is 2.37 bits per heavy atom. The lowest BCUT2D eigenvalue weighted by Crippen LogP contribution is -2.02. The molecule has 0 amide bonds. The molecule has 1 N–H and O–H groups in total. The minimum atomic E-state index is -0.876. The van der Waals surface area contributed by atoms with E-state index < -0.39 is 6.10 Å². The van der Waals surface area contributed by atoms with Crippen molar-refractivity contribution in [1.29, 1.82) is 0 Å². The third-order valence-electron chi connectivity index (χ3n) is 2.67. The first-order valence-corrected chi connectivity index (χ1v) is 5.89. The number of ether oxygens (including phenoxy) is 2. The molecule has 0 aliphatic heterocycles. The molecular weight excluding hydrogens is 268 g/mol. The fourth-order valence-electron chi connectivity index (χ4n) is 1.74. The second-order valence-corrected chi connectivity index (χ2v) is 4.22. The van der Waals surface area contributed by atoms with Crippen LogP contribution in [0.25, 0.3) is 0 Å². The summed E-state index contributed by atoms with van der Waals surface area (Å²) in [5, 5.41) is 10.6. The fourth-order valence-corrected chi connectivity index (χ4v) is 2.04. The Labute approximate surface area is 115 Å². The van der Waals surface area contributed by atoms with Gasteiger partial charge in [-0.2, -0.15) is 0 Å². The summed E-state index contributed by atoms with van der Waals surface area (Å²) in [6, 6.07) is 3.29. The van der Waals surface area contributed by atoms with Crippen LogP contribution in [0, 0.1) is 0 Å². The molecule has 1 aromatic heterocycles. The molecule has 5 nitrogen and oxygen atoms in total. The van der Waals surface area contributed by atoms with Crippen molar-refractivity contribution in [1.82, 2.24) is 9.97 Å². The van der Waals surface area contributed by atoms with Crippen molar-refractivity contribution < 1.29 is 14.6 Å². The minimum Gasteiger partial charge on any atom is -0.493 e. The van der Waals surface area contributed by atoms with Gasteiger partial charge in [-0.05, 0) is 17.7 Å². The number of halogens is 1. The molecule has 2 rings (SSSR count). The van der Waals surface area contributed by atoms with Gasteiger partial charge in [0.1, 0.15) is 12.4 Å². The van der Waals surface area contributed by atoms with Gasteiger partial charge in [0.05, 0.1) is 19.2 Å². The molecule has 0 radical (unpaired) electrons. The van der Waals surface area contributed by atoms with Crippen LogP contribution >= 0.6 is 11.6 Å². The standard InChI is InChI=1S/C13H13ClN2O3/c1-18-11-4-8(3-10(14)13(11)19-2)12(17)9-5-15-7-16-6-9/h3-7,12,17H,1-2H3. The smallest absolute Gasteiger partial charge is 0.179 e. The highest BCUT2D eigenvalue weighted by Gasteiger charge is 2.17. The van der Waals surface area contributed by atoms with Crippen LogP contribution in [0.4, 0.5) is 0 Å². The number of hydrogen-bond acceptors (Lipinski definition) is 5. The Morgan fingerprint density at radius 2 is 1.79 bits per heavy atom. The number of aliphatic hydroxyl groups excluding tert-OH is 1. The lowest BCUT2D eigenvalue weighted by atomic mass is 10.0. The third-order valence-corrected chi connectivity index (χ3v) is 2.95. The molecule has 1 aromatic carbocycles. The lowest BCUT2D eigenvalue weighted by molar-refractivity contribution is 0.218. The predicted molar refractivity (Wildman–Crippen MR) is 70.6 cm³/mol. The molecule has 0 aliphatic rings. The van der Waals surface area contributed by atoms with Crippen LogP contribution in [0.3, 0.4) is 0 Å². The van der Waals surface area contributed by atoms with E-state index in [4.69, 9.17) is 21.1 Å².